The number of benzene rings is 1. The normalized spacial score (nSPS) is 14.9. The van der Waals surface area contributed by atoms with Crippen LogP contribution in [0.4, 0.5) is 8.78 Å². The molecule has 0 aliphatic heterocycles. The summed E-state index contributed by atoms with van der Waals surface area (Å²) in [4.78, 5) is 0. The van der Waals surface area contributed by atoms with Gasteiger partial charge in [0.25, 0.3) is 6.43 Å². The van der Waals surface area contributed by atoms with Crippen LogP contribution in [-0.2, 0) is 6.54 Å². The first-order chi connectivity index (χ1) is 7.94. The topological polar surface area (TPSA) is 52.5 Å². The van der Waals surface area contributed by atoms with Gasteiger partial charge >= 0.3 is 0 Å². The van der Waals surface area contributed by atoms with E-state index in [9.17, 15) is 13.9 Å². The Kier molecular flexibility index (Phi) is 4.99. The first kappa shape index (κ1) is 14.0. The van der Waals surface area contributed by atoms with Crippen molar-refractivity contribution in [1.29, 1.82) is 0 Å². The van der Waals surface area contributed by atoms with Crippen LogP contribution in [0.3, 0.4) is 0 Å². The summed E-state index contributed by atoms with van der Waals surface area (Å²) >= 11 is 0. The highest BCUT2D eigenvalue weighted by Gasteiger charge is 2.17. The van der Waals surface area contributed by atoms with Crippen molar-refractivity contribution in [3.8, 4) is 0 Å². The van der Waals surface area contributed by atoms with Crippen molar-refractivity contribution in [3.63, 3.8) is 0 Å². The van der Waals surface area contributed by atoms with Crippen molar-refractivity contribution in [2.45, 2.75) is 25.5 Å². The van der Waals surface area contributed by atoms with Crippen molar-refractivity contribution in [2.24, 2.45) is 0 Å². The van der Waals surface area contributed by atoms with Gasteiger partial charge in [0.1, 0.15) is 0 Å². The molecule has 1 rings (SSSR count). The SMILES string of the molecule is CC(O)(CO)CNCc1ccc(C(F)F)cc1. The second kappa shape index (κ2) is 6.05. The molecule has 0 saturated carbocycles. The van der Waals surface area contributed by atoms with E-state index >= 15 is 0 Å². The summed E-state index contributed by atoms with van der Waals surface area (Å²) in [5.41, 5.74) is -0.317. The summed E-state index contributed by atoms with van der Waals surface area (Å²) in [6, 6.07) is 5.99. The molecule has 0 aromatic heterocycles. The van der Waals surface area contributed by atoms with Gasteiger partial charge in [0.2, 0.25) is 0 Å². The van der Waals surface area contributed by atoms with Crippen molar-refractivity contribution in [3.05, 3.63) is 35.4 Å². The van der Waals surface area contributed by atoms with Crippen LogP contribution < -0.4 is 5.32 Å². The molecule has 1 aromatic carbocycles. The van der Waals surface area contributed by atoms with Gasteiger partial charge in [-0.15, -0.1) is 0 Å². The number of hydrogen-bond donors (Lipinski definition) is 3. The molecule has 3 nitrogen and oxygen atoms in total. The van der Waals surface area contributed by atoms with Gasteiger partial charge in [-0.25, -0.2) is 8.78 Å². The Labute approximate surface area is 99.1 Å². The van der Waals surface area contributed by atoms with Gasteiger partial charge in [0.05, 0.1) is 12.2 Å². The van der Waals surface area contributed by atoms with E-state index < -0.39 is 12.0 Å². The molecule has 0 radical (unpaired) electrons. The third kappa shape index (κ3) is 4.77. The summed E-state index contributed by atoms with van der Waals surface area (Å²) in [6.07, 6.45) is -2.45. The number of aliphatic hydroxyl groups is 2. The van der Waals surface area contributed by atoms with E-state index in [1.54, 1.807) is 12.1 Å². The maximum Gasteiger partial charge on any atom is 0.263 e. The summed E-state index contributed by atoms with van der Waals surface area (Å²) in [7, 11) is 0. The van der Waals surface area contributed by atoms with Crippen molar-refractivity contribution in [2.75, 3.05) is 13.2 Å². The lowest BCUT2D eigenvalue weighted by Crippen LogP contribution is -2.40. The first-order valence-electron chi connectivity index (χ1n) is 5.35. The molecule has 5 heteroatoms. The summed E-state index contributed by atoms with van der Waals surface area (Å²) in [6.45, 7) is 1.88. The second-order valence-electron chi connectivity index (χ2n) is 4.30. The van der Waals surface area contributed by atoms with Crippen molar-refractivity contribution in [1.82, 2.24) is 5.32 Å². The minimum Gasteiger partial charge on any atom is -0.393 e. The van der Waals surface area contributed by atoms with Gasteiger partial charge in [-0.2, -0.15) is 0 Å². The Morgan fingerprint density at radius 2 is 1.88 bits per heavy atom. The predicted molar refractivity (Wildman–Crippen MR) is 60.8 cm³/mol. The molecule has 0 fully saturated rings. The first-order valence-corrected chi connectivity index (χ1v) is 5.35. The molecule has 0 bridgehead atoms. The molecule has 1 atom stereocenters. The molecule has 17 heavy (non-hydrogen) atoms. The average Bonchev–Trinajstić information content (AvgIpc) is 2.29. The van der Waals surface area contributed by atoms with Crippen LogP contribution in [0.25, 0.3) is 0 Å². The fraction of sp³-hybridized carbons (Fsp3) is 0.500. The van der Waals surface area contributed by atoms with Gasteiger partial charge in [-0.1, -0.05) is 24.3 Å². The molecule has 0 spiro atoms. The van der Waals surface area contributed by atoms with Crippen LogP contribution >= 0.6 is 0 Å². The molecule has 0 aliphatic rings. The van der Waals surface area contributed by atoms with Crippen LogP contribution in [0, 0.1) is 0 Å². The van der Waals surface area contributed by atoms with Crippen molar-refractivity contribution >= 4 is 0 Å². The minimum atomic E-state index is -2.45. The Hall–Kier alpha value is -1.04. The fourth-order valence-corrected chi connectivity index (χ4v) is 1.31. The van der Waals surface area contributed by atoms with E-state index in [-0.39, 0.29) is 18.7 Å². The van der Waals surface area contributed by atoms with Crippen LogP contribution in [0.2, 0.25) is 0 Å². The average molecular weight is 245 g/mol. The highest BCUT2D eigenvalue weighted by atomic mass is 19.3. The Balaban J connectivity index is 2.42. The molecule has 96 valence electrons. The highest BCUT2D eigenvalue weighted by Crippen LogP contribution is 2.18. The maximum absolute atomic E-state index is 12.3. The molecule has 0 amide bonds. The summed E-state index contributed by atoms with van der Waals surface area (Å²) in [5, 5.41) is 21.3. The van der Waals surface area contributed by atoms with Crippen LogP contribution in [0.1, 0.15) is 24.5 Å². The Bertz CT molecular complexity index is 339. The standard InChI is InChI=1S/C12H17F2NO2/c1-12(17,8-16)7-15-6-9-2-4-10(5-3-9)11(13)14/h2-5,11,15-17H,6-8H2,1H3. The van der Waals surface area contributed by atoms with Crippen molar-refractivity contribution < 1.29 is 19.0 Å². The minimum absolute atomic E-state index is 0.00361. The number of halogens is 2. The summed E-state index contributed by atoms with van der Waals surface area (Å²) in [5.74, 6) is 0. The zero-order valence-corrected chi connectivity index (χ0v) is 9.66. The summed E-state index contributed by atoms with van der Waals surface area (Å²) < 4.78 is 24.6. The van der Waals surface area contributed by atoms with E-state index in [2.05, 4.69) is 5.32 Å². The Morgan fingerprint density at radius 3 is 2.35 bits per heavy atom. The largest absolute Gasteiger partial charge is 0.393 e. The molecule has 0 saturated heterocycles. The van der Waals surface area contributed by atoms with Gasteiger partial charge in [0, 0.05) is 18.7 Å². The molecule has 1 aromatic rings. The van der Waals surface area contributed by atoms with Gasteiger partial charge in [-0.3, -0.25) is 0 Å². The third-order valence-electron chi connectivity index (χ3n) is 2.41. The lowest BCUT2D eigenvalue weighted by Gasteiger charge is -2.20. The van der Waals surface area contributed by atoms with Crippen LogP contribution in [0.5, 0.6) is 0 Å². The van der Waals surface area contributed by atoms with Gasteiger partial charge in [-0.05, 0) is 12.5 Å². The van der Waals surface area contributed by atoms with E-state index in [1.165, 1.54) is 19.1 Å². The number of hydrogen-bond acceptors (Lipinski definition) is 3. The number of aliphatic hydroxyl groups excluding tert-OH is 1. The molecule has 0 aliphatic carbocycles. The molecule has 1 unspecified atom stereocenters. The van der Waals surface area contributed by atoms with E-state index in [0.29, 0.717) is 6.54 Å². The van der Waals surface area contributed by atoms with Crippen LogP contribution in [0.15, 0.2) is 24.3 Å². The monoisotopic (exact) mass is 245 g/mol. The highest BCUT2D eigenvalue weighted by molar-refractivity contribution is 5.23. The fourth-order valence-electron chi connectivity index (χ4n) is 1.31. The van der Waals surface area contributed by atoms with E-state index in [1.807, 2.05) is 0 Å². The zero-order valence-electron chi connectivity index (χ0n) is 9.66. The second-order valence-corrected chi connectivity index (χ2v) is 4.30. The molecular formula is C12H17F2NO2. The van der Waals surface area contributed by atoms with Gasteiger partial charge in [0.15, 0.2) is 0 Å². The zero-order chi connectivity index (χ0) is 12.9. The molecule has 0 heterocycles. The lowest BCUT2D eigenvalue weighted by atomic mass is 10.1. The van der Waals surface area contributed by atoms with E-state index in [4.69, 9.17) is 5.11 Å². The predicted octanol–water partition coefficient (Wildman–Crippen LogP) is 1.46. The van der Waals surface area contributed by atoms with E-state index in [0.717, 1.165) is 5.56 Å². The lowest BCUT2D eigenvalue weighted by molar-refractivity contribution is 0.00254. The number of nitrogens with one attached hydrogen (secondary N) is 1. The quantitative estimate of drug-likeness (QED) is 0.711. The third-order valence-corrected chi connectivity index (χ3v) is 2.41. The van der Waals surface area contributed by atoms with Crippen LogP contribution in [-0.4, -0.2) is 29.0 Å². The maximum atomic E-state index is 12.3. The number of rotatable bonds is 6. The Morgan fingerprint density at radius 1 is 1.29 bits per heavy atom. The number of alkyl halides is 2. The molecule has 3 N–H and O–H groups in total. The molecular weight excluding hydrogens is 228 g/mol. The smallest absolute Gasteiger partial charge is 0.263 e. The van der Waals surface area contributed by atoms with Gasteiger partial charge < -0.3 is 15.5 Å².